The van der Waals surface area contributed by atoms with E-state index < -0.39 is 12.0 Å². The minimum atomic E-state index is -1.03. The number of nitriles is 1. The van der Waals surface area contributed by atoms with Gasteiger partial charge in [0.15, 0.2) is 0 Å². The van der Waals surface area contributed by atoms with E-state index in [1.165, 1.54) is 6.92 Å². The first kappa shape index (κ1) is 23.1. The van der Waals surface area contributed by atoms with Gasteiger partial charge in [0.2, 0.25) is 0 Å². The van der Waals surface area contributed by atoms with E-state index in [4.69, 9.17) is 21.3 Å². The summed E-state index contributed by atoms with van der Waals surface area (Å²) in [7, 11) is 0. The van der Waals surface area contributed by atoms with Crippen LogP contribution in [-0.4, -0.2) is 28.7 Å². The molecule has 0 bridgehead atoms. The first-order valence-corrected chi connectivity index (χ1v) is 11.2. The molecule has 0 amide bonds. The number of anilines is 1. The van der Waals surface area contributed by atoms with Crippen molar-refractivity contribution >= 4 is 34.2 Å². The van der Waals surface area contributed by atoms with Gasteiger partial charge >= 0.3 is 5.97 Å². The number of fused-ring (bicyclic) bond motifs is 1. The van der Waals surface area contributed by atoms with E-state index in [-0.39, 0.29) is 5.56 Å². The molecule has 170 valence electrons. The van der Waals surface area contributed by atoms with Gasteiger partial charge in [-0.15, -0.1) is 0 Å². The standard InChI is InChI=1S/C27H22ClN3O3/c1-3-34-24-7-5-4-6-20(24)17-8-10-18(11-9-17)25-22(15-29)26(30-16(2)27(32)33)21-14-19(28)12-13-23(21)31-25/h4-14,16H,3H2,1-2H3,(H,30,31)(H,32,33)/t16-/m1/s1. The van der Waals surface area contributed by atoms with Crippen molar-refractivity contribution in [2.45, 2.75) is 19.9 Å². The van der Waals surface area contributed by atoms with Crippen LogP contribution < -0.4 is 10.1 Å². The number of carbonyl (C=O) groups is 1. The molecule has 4 aromatic rings. The number of para-hydroxylation sites is 1. The molecule has 4 rings (SSSR count). The molecular weight excluding hydrogens is 450 g/mol. The van der Waals surface area contributed by atoms with Gasteiger partial charge in [-0.2, -0.15) is 5.26 Å². The third-order valence-corrected chi connectivity index (χ3v) is 5.68. The van der Waals surface area contributed by atoms with E-state index in [0.29, 0.717) is 33.9 Å². The Morgan fingerprint density at radius 3 is 2.53 bits per heavy atom. The fourth-order valence-electron chi connectivity index (χ4n) is 3.78. The predicted octanol–water partition coefficient (Wildman–Crippen LogP) is 6.38. The number of aromatic nitrogens is 1. The molecule has 0 fully saturated rings. The molecule has 0 spiro atoms. The molecular formula is C27H22ClN3O3. The SMILES string of the molecule is CCOc1ccccc1-c1ccc(-c2nc3ccc(Cl)cc3c(N[C@H](C)C(=O)O)c2C#N)cc1. The summed E-state index contributed by atoms with van der Waals surface area (Å²) in [6, 6.07) is 22.0. The Kier molecular flexibility index (Phi) is 6.67. The van der Waals surface area contributed by atoms with Crippen molar-refractivity contribution in [2.75, 3.05) is 11.9 Å². The van der Waals surface area contributed by atoms with E-state index in [2.05, 4.69) is 11.4 Å². The number of pyridine rings is 1. The Morgan fingerprint density at radius 1 is 1.15 bits per heavy atom. The maximum absolute atomic E-state index is 11.5. The highest BCUT2D eigenvalue weighted by atomic mass is 35.5. The molecule has 1 atom stereocenters. The molecule has 0 saturated carbocycles. The maximum Gasteiger partial charge on any atom is 0.325 e. The molecule has 0 saturated heterocycles. The van der Waals surface area contributed by atoms with Crippen LogP contribution in [0.2, 0.25) is 5.02 Å². The summed E-state index contributed by atoms with van der Waals surface area (Å²) < 4.78 is 5.75. The van der Waals surface area contributed by atoms with Gasteiger partial charge in [-0.25, -0.2) is 4.98 Å². The highest BCUT2D eigenvalue weighted by molar-refractivity contribution is 6.31. The van der Waals surface area contributed by atoms with Crippen molar-refractivity contribution in [2.24, 2.45) is 0 Å². The summed E-state index contributed by atoms with van der Waals surface area (Å²) >= 11 is 6.19. The second-order valence-corrected chi connectivity index (χ2v) is 8.13. The van der Waals surface area contributed by atoms with Crippen LogP contribution in [0.15, 0.2) is 66.7 Å². The molecule has 6 nitrogen and oxygen atoms in total. The van der Waals surface area contributed by atoms with Crippen LogP contribution >= 0.6 is 11.6 Å². The number of aliphatic carboxylic acids is 1. The minimum absolute atomic E-state index is 0.255. The van der Waals surface area contributed by atoms with Crippen molar-refractivity contribution in [3.8, 4) is 34.2 Å². The fourth-order valence-corrected chi connectivity index (χ4v) is 3.95. The number of hydrogen-bond donors (Lipinski definition) is 2. The number of nitrogens with one attached hydrogen (secondary N) is 1. The van der Waals surface area contributed by atoms with E-state index in [0.717, 1.165) is 22.4 Å². The molecule has 0 unspecified atom stereocenters. The van der Waals surface area contributed by atoms with Crippen LogP contribution in [0.1, 0.15) is 19.4 Å². The Hall–Kier alpha value is -4.08. The number of carboxylic acids is 1. The lowest BCUT2D eigenvalue weighted by atomic mass is 9.98. The average Bonchev–Trinajstić information content (AvgIpc) is 2.84. The summed E-state index contributed by atoms with van der Waals surface area (Å²) in [5.74, 6) is -0.236. The van der Waals surface area contributed by atoms with Gasteiger partial charge in [-0.05, 0) is 43.7 Å². The maximum atomic E-state index is 11.5. The third kappa shape index (κ3) is 4.52. The van der Waals surface area contributed by atoms with Crippen LogP contribution in [0.5, 0.6) is 5.75 Å². The summed E-state index contributed by atoms with van der Waals surface area (Å²) in [5, 5.41) is 23.5. The molecule has 3 aromatic carbocycles. The molecule has 1 aromatic heterocycles. The molecule has 34 heavy (non-hydrogen) atoms. The van der Waals surface area contributed by atoms with Gasteiger partial charge < -0.3 is 15.2 Å². The lowest BCUT2D eigenvalue weighted by molar-refractivity contribution is -0.137. The van der Waals surface area contributed by atoms with E-state index in [1.54, 1.807) is 18.2 Å². The molecule has 2 N–H and O–H groups in total. The van der Waals surface area contributed by atoms with E-state index in [1.807, 2.05) is 55.5 Å². The third-order valence-electron chi connectivity index (χ3n) is 5.45. The van der Waals surface area contributed by atoms with Gasteiger partial charge in [0.25, 0.3) is 0 Å². The summed E-state index contributed by atoms with van der Waals surface area (Å²) in [6.45, 7) is 4.03. The zero-order chi connectivity index (χ0) is 24.2. The number of ether oxygens (including phenoxy) is 1. The lowest BCUT2D eigenvalue weighted by Crippen LogP contribution is -2.26. The second kappa shape index (κ2) is 9.82. The van der Waals surface area contributed by atoms with Crippen LogP contribution in [0.4, 0.5) is 5.69 Å². The molecule has 0 aliphatic heterocycles. The Labute approximate surface area is 202 Å². The quantitative estimate of drug-likeness (QED) is 0.325. The minimum Gasteiger partial charge on any atom is -0.493 e. The molecule has 7 heteroatoms. The number of carboxylic acid groups (broad SMARTS) is 1. The number of benzene rings is 3. The first-order chi connectivity index (χ1) is 16.4. The van der Waals surface area contributed by atoms with E-state index in [9.17, 15) is 15.2 Å². The van der Waals surface area contributed by atoms with E-state index >= 15 is 0 Å². The summed E-state index contributed by atoms with van der Waals surface area (Å²) in [5.41, 5.74) is 4.38. The van der Waals surface area contributed by atoms with Gasteiger partial charge in [-0.3, -0.25) is 4.79 Å². The van der Waals surface area contributed by atoms with Gasteiger partial charge in [0.1, 0.15) is 23.4 Å². The van der Waals surface area contributed by atoms with Crippen LogP contribution in [-0.2, 0) is 4.79 Å². The van der Waals surface area contributed by atoms with Crippen molar-refractivity contribution in [1.29, 1.82) is 5.26 Å². The Balaban J connectivity index is 1.86. The highest BCUT2D eigenvalue weighted by Crippen LogP contribution is 2.37. The second-order valence-electron chi connectivity index (χ2n) is 7.69. The van der Waals surface area contributed by atoms with Crippen molar-refractivity contribution in [1.82, 2.24) is 4.98 Å². The summed E-state index contributed by atoms with van der Waals surface area (Å²) in [4.78, 5) is 16.2. The monoisotopic (exact) mass is 471 g/mol. The van der Waals surface area contributed by atoms with Gasteiger partial charge in [-0.1, -0.05) is 54.1 Å². The first-order valence-electron chi connectivity index (χ1n) is 10.8. The Morgan fingerprint density at radius 2 is 1.85 bits per heavy atom. The Bertz CT molecular complexity index is 1410. The van der Waals surface area contributed by atoms with Crippen molar-refractivity contribution < 1.29 is 14.6 Å². The highest BCUT2D eigenvalue weighted by Gasteiger charge is 2.21. The topological polar surface area (TPSA) is 95.2 Å². The summed E-state index contributed by atoms with van der Waals surface area (Å²) in [6.07, 6.45) is 0. The van der Waals surface area contributed by atoms with Gasteiger partial charge in [0.05, 0.1) is 23.5 Å². The van der Waals surface area contributed by atoms with Crippen molar-refractivity contribution in [3.05, 3.63) is 77.3 Å². The van der Waals surface area contributed by atoms with Crippen LogP contribution in [0.25, 0.3) is 33.3 Å². The van der Waals surface area contributed by atoms with Gasteiger partial charge in [0, 0.05) is 21.5 Å². The average molecular weight is 472 g/mol. The number of halogens is 1. The normalized spacial score (nSPS) is 11.6. The molecule has 1 heterocycles. The largest absolute Gasteiger partial charge is 0.493 e. The molecule has 0 aliphatic rings. The molecule has 0 radical (unpaired) electrons. The fraction of sp³-hybridized carbons (Fsp3) is 0.148. The van der Waals surface area contributed by atoms with Crippen LogP contribution in [0, 0.1) is 11.3 Å². The lowest BCUT2D eigenvalue weighted by Gasteiger charge is -2.18. The molecule has 0 aliphatic carbocycles. The van der Waals surface area contributed by atoms with Crippen LogP contribution in [0.3, 0.4) is 0 Å². The number of nitrogens with zero attached hydrogens (tertiary/aromatic N) is 2. The van der Waals surface area contributed by atoms with Crippen molar-refractivity contribution in [3.63, 3.8) is 0 Å². The smallest absolute Gasteiger partial charge is 0.325 e. The zero-order valence-electron chi connectivity index (χ0n) is 18.7. The zero-order valence-corrected chi connectivity index (χ0v) is 19.4. The predicted molar refractivity (Wildman–Crippen MR) is 134 cm³/mol. The number of hydrogen-bond acceptors (Lipinski definition) is 5. The number of rotatable bonds is 7.